The average molecular weight is 224 g/mol. The van der Waals surface area contributed by atoms with Crippen molar-refractivity contribution in [3.8, 4) is 0 Å². The number of rotatable bonds is 6. The minimum atomic E-state index is -0.326. The second kappa shape index (κ2) is 6.38. The predicted molar refractivity (Wildman–Crippen MR) is 61.0 cm³/mol. The Hall–Kier alpha value is -1.22. The van der Waals surface area contributed by atoms with Crippen LogP contribution in [-0.2, 0) is 4.74 Å². The first-order valence-corrected chi connectivity index (χ1v) is 5.46. The zero-order valence-electron chi connectivity index (χ0n) is 9.70. The van der Waals surface area contributed by atoms with E-state index in [2.05, 4.69) is 13.8 Å². The monoisotopic (exact) mass is 224 g/mol. The quantitative estimate of drug-likeness (QED) is 0.548. The van der Waals surface area contributed by atoms with Gasteiger partial charge in [0.05, 0.1) is 6.61 Å². The molecule has 0 fully saturated rings. The lowest BCUT2D eigenvalue weighted by Gasteiger charge is -2.06. The van der Waals surface area contributed by atoms with E-state index in [1.807, 2.05) is 0 Å². The number of carbonyl (C=O) groups excluding carboxylic acids is 1. The zero-order chi connectivity index (χ0) is 12.0. The number of hydrogen-bond donors (Lipinski definition) is 0. The lowest BCUT2D eigenvalue weighted by Crippen LogP contribution is -2.08. The molecule has 3 heteroatoms. The molecule has 0 amide bonds. The van der Waals surface area contributed by atoms with Crippen molar-refractivity contribution < 1.29 is 13.9 Å². The summed E-state index contributed by atoms with van der Waals surface area (Å²) in [6.07, 6.45) is 0.346. The van der Waals surface area contributed by atoms with Crippen LogP contribution in [0.4, 0.5) is 4.39 Å². The van der Waals surface area contributed by atoms with Gasteiger partial charge in [-0.15, -0.1) is 0 Å². The zero-order valence-corrected chi connectivity index (χ0v) is 9.70. The van der Waals surface area contributed by atoms with Gasteiger partial charge in [-0.2, -0.15) is 0 Å². The van der Waals surface area contributed by atoms with Crippen LogP contribution in [0.2, 0.25) is 0 Å². The molecule has 2 nitrogen and oxygen atoms in total. The molecule has 0 aromatic heterocycles. The van der Waals surface area contributed by atoms with E-state index in [1.54, 1.807) is 0 Å². The minimum Gasteiger partial charge on any atom is -0.381 e. The molecular formula is C13H17FO2. The molecule has 1 rings (SSSR count). The molecule has 0 heterocycles. The normalized spacial score (nSPS) is 10.8. The maximum atomic E-state index is 12.6. The Morgan fingerprint density at radius 2 is 1.94 bits per heavy atom. The molecule has 0 radical (unpaired) electrons. The molecule has 0 unspecified atom stereocenters. The van der Waals surface area contributed by atoms with Gasteiger partial charge in [-0.1, -0.05) is 13.8 Å². The van der Waals surface area contributed by atoms with Gasteiger partial charge >= 0.3 is 0 Å². The lowest BCUT2D eigenvalue weighted by atomic mass is 10.1. The number of carbonyl (C=O) groups is 1. The lowest BCUT2D eigenvalue weighted by molar-refractivity contribution is 0.0824. The predicted octanol–water partition coefficient (Wildman–Crippen LogP) is 3.07. The fraction of sp³-hybridized carbons (Fsp3) is 0.462. The van der Waals surface area contributed by atoms with Crippen LogP contribution in [0.1, 0.15) is 30.6 Å². The van der Waals surface area contributed by atoms with E-state index in [-0.39, 0.29) is 11.6 Å². The molecule has 0 atom stereocenters. The van der Waals surface area contributed by atoms with Crippen molar-refractivity contribution in [1.82, 2.24) is 0 Å². The summed E-state index contributed by atoms with van der Waals surface area (Å²) < 4.78 is 17.9. The average Bonchev–Trinajstić information content (AvgIpc) is 2.25. The van der Waals surface area contributed by atoms with Crippen molar-refractivity contribution in [2.24, 2.45) is 5.92 Å². The largest absolute Gasteiger partial charge is 0.381 e. The molecule has 1 aromatic rings. The highest BCUT2D eigenvalue weighted by atomic mass is 19.1. The molecule has 0 aliphatic heterocycles. The third-order valence-electron chi connectivity index (χ3n) is 2.09. The number of Topliss-reactive ketones (excluding diaryl/α,β-unsaturated/α-hetero) is 1. The Kier molecular flexibility index (Phi) is 5.12. The highest BCUT2D eigenvalue weighted by Gasteiger charge is 2.05. The van der Waals surface area contributed by atoms with E-state index in [9.17, 15) is 9.18 Å². The third-order valence-corrected chi connectivity index (χ3v) is 2.09. The van der Waals surface area contributed by atoms with Crippen LogP contribution in [0.15, 0.2) is 24.3 Å². The maximum absolute atomic E-state index is 12.6. The van der Waals surface area contributed by atoms with Crippen LogP contribution in [0.5, 0.6) is 0 Å². The van der Waals surface area contributed by atoms with Gasteiger partial charge in [-0.05, 0) is 30.2 Å². The summed E-state index contributed by atoms with van der Waals surface area (Å²) in [5.41, 5.74) is 0.537. The minimum absolute atomic E-state index is 0.0104. The molecule has 0 saturated carbocycles. The van der Waals surface area contributed by atoms with Gasteiger partial charge in [0.1, 0.15) is 5.82 Å². The van der Waals surface area contributed by atoms with Crippen molar-refractivity contribution in [2.75, 3.05) is 13.2 Å². The summed E-state index contributed by atoms with van der Waals surface area (Å²) in [6, 6.07) is 5.59. The van der Waals surface area contributed by atoms with Crippen LogP contribution in [0.25, 0.3) is 0 Å². The van der Waals surface area contributed by atoms with Crippen molar-refractivity contribution in [1.29, 1.82) is 0 Å². The molecule has 88 valence electrons. The van der Waals surface area contributed by atoms with E-state index in [1.165, 1.54) is 24.3 Å². The van der Waals surface area contributed by atoms with Crippen LogP contribution >= 0.6 is 0 Å². The summed E-state index contributed by atoms with van der Waals surface area (Å²) in [6.45, 7) is 5.20. The summed E-state index contributed by atoms with van der Waals surface area (Å²) in [7, 11) is 0. The van der Waals surface area contributed by atoms with Gasteiger partial charge in [0.15, 0.2) is 5.78 Å². The van der Waals surface area contributed by atoms with Gasteiger partial charge in [0, 0.05) is 18.6 Å². The fourth-order valence-corrected chi connectivity index (χ4v) is 1.26. The van der Waals surface area contributed by atoms with Crippen molar-refractivity contribution in [2.45, 2.75) is 20.3 Å². The molecule has 0 bridgehead atoms. The van der Waals surface area contributed by atoms with Gasteiger partial charge in [-0.3, -0.25) is 4.79 Å². The third kappa shape index (κ3) is 4.53. The molecule has 0 spiro atoms. The Morgan fingerprint density at radius 3 is 2.50 bits per heavy atom. The Bertz CT molecular complexity index is 330. The van der Waals surface area contributed by atoms with Crippen molar-refractivity contribution in [3.63, 3.8) is 0 Å². The fourth-order valence-electron chi connectivity index (χ4n) is 1.26. The van der Waals surface area contributed by atoms with Crippen molar-refractivity contribution in [3.05, 3.63) is 35.6 Å². The van der Waals surface area contributed by atoms with Crippen LogP contribution in [0.3, 0.4) is 0 Å². The first-order valence-electron chi connectivity index (χ1n) is 5.46. The summed E-state index contributed by atoms with van der Waals surface area (Å²) in [5.74, 6) is 0.136. The van der Waals surface area contributed by atoms with Crippen LogP contribution in [0, 0.1) is 11.7 Å². The molecule has 0 aliphatic carbocycles. The first kappa shape index (κ1) is 12.8. The smallest absolute Gasteiger partial charge is 0.165 e. The second-order valence-electron chi connectivity index (χ2n) is 4.15. The molecule has 16 heavy (non-hydrogen) atoms. The Balaban J connectivity index is 2.32. The standard InChI is InChI=1S/C13H17FO2/c1-10(2)9-16-8-7-13(15)11-3-5-12(14)6-4-11/h3-6,10H,7-9H2,1-2H3. The maximum Gasteiger partial charge on any atom is 0.165 e. The number of halogens is 1. The van der Waals surface area contributed by atoms with Crippen molar-refractivity contribution >= 4 is 5.78 Å². The number of hydrogen-bond acceptors (Lipinski definition) is 2. The van der Waals surface area contributed by atoms with E-state index in [0.717, 1.165) is 0 Å². The number of ether oxygens (including phenoxy) is 1. The van der Waals surface area contributed by atoms with E-state index in [0.29, 0.717) is 31.1 Å². The summed E-state index contributed by atoms with van der Waals surface area (Å²) >= 11 is 0. The highest BCUT2D eigenvalue weighted by Crippen LogP contribution is 2.06. The second-order valence-corrected chi connectivity index (χ2v) is 4.15. The van der Waals surface area contributed by atoms with Crippen LogP contribution < -0.4 is 0 Å². The molecule has 0 N–H and O–H groups in total. The van der Waals surface area contributed by atoms with Crippen LogP contribution in [-0.4, -0.2) is 19.0 Å². The Morgan fingerprint density at radius 1 is 1.31 bits per heavy atom. The molecule has 0 saturated heterocycles. The first-order chi connectivity index (χ1) is 7.59. The Labute approximate surface area is 95.4 Å². The molecule has 0 aliphatic rings. The van der Waals surface area contributed by atoms with Gasteiger partial charge in [0.2, 0.25) is 0 Å². The van der Waals surface area contributed by atoms with Gasteiger partial charge < -0.3 is 4.74 Å². The molecular weight excluding hydrogens is 207 g/mol. The number of ketones is 1. The van der Waals surface area contributed by atoms with E-state index in [4.69, 9.17) is 4.74 Å². The van der Waals surface area contributed by atoms with Gasteiger partial charge in [0.25, 0.3) is 0 Å². The molecule has 1 aromatic carbocycles. The summed E-state index contributed by atoms with van der Waals surface area (Å²) in [4.78, 5) is 11.6. The number of benzene rings is 1. The van der Waals surface area contributed by atoms with E-state index < -0.39 is 0 Å². The topological polar surface area (TPSA) is 26.3 Å². The van der Waals surface area contributed by atoms with E-state index >= 15 is 0 Å². The SMILES string of the molecule is CC(C)COCCC(=O)c1ccc(F)cc1. The van der Waals surface area contributed by atoms with Gasteiger partial charge in [-0.25, -0.2) is 4.39 Å². The summed E-state index contributed by atoms with van der Waals surface area (Å²) in [5, 5.41) is 0. The highest BCUT2D eigenvalue weighted by molar-refractivity contribution is 5.96.